The molecule has 0 atom stereocenters. The maximum absolute atomic E-state index is 9.82. The molecule has 0 saturated carbocycles. The SMILES string of the molecule is COc1ccc(/C=C/c2ccc3ccccc3[n+]2C)cc1O.O.[I-]. The number of phenols is 1. The van der Waals surface area contributed by atoms with E-state index in [0.29, 0.717) is 5.75 Å². The summed E-state index contributed by atoms with van der Waals surface area (Å²) in [6, 6.07) is 17.8. The smallest absolute Gasteiger partial charge is 0.212 e. The Morgan fingerprint density at radius 2 is 1.75 bits per heavy atom. The van der Waals surface area contributed by atoms with Crippen LogP contribution in [0.15, 0.2) is 54.6 Å². The molecule has 3 aromatic rings. The third kappa shape index (κ3) is 4.04. The minimum absolute atomic E-state index is 0. The van der Waals surface area contributed by atoms with Crippen LogP contribution < -0.4 is 33.3 Å². The van der Waals surface area contributed by atoms with Crippen molar-refractivity contribution in [1.82, 2.24) is 0 Å². The van der Waals surface area contributed by atoms with Crippen molar-refractivity contribution in [3.63, 3.8) is 0 Å². The van der Waals surface area contributed by atoms with Gasteiger partial charge in [0.05, 0.1) is 7.11 Å². The molecule has 1 aromatic heterocycles. The minimum atomic E-state index is 0. The van der Waals surface area contributed by atoms with Gasteiger partial charge in [0.15, 0.2) is 11.5 Å². The van der Waals surface area contributed by atoms with Crippen molar-refractivity contribution in [1.29, 1.82) is 0 Å². The number of halogens is 1. The number of phenolic OH excluding ortho intramolecular Hbond substituents is 1. The summed E-state index contributed by atoms with van der Waals surface area (Å²) >= 11 is 0. The van der Waals surface area contributed by atoms with Crippen molar-refractivity contribution in [2.24, 2.45) is 7.05 Å². The van der Waals surface area contributed by atoms with E-state index in [1.807, 2.05) is 37.4 Å². The lowest BCUT2D eigenvalue weighted by Gasteiger charge is -2.03. The normalized spacial score (nSPS) is 10.2. The number of fused-ring (bicyclic) bond motifs is 1. The Morgan fingerprint density at radius 1 is 1.00 bits per heavy atom. The number of hydrogen-bond donors (Lipinski definition) is 1. The molecule has 24 heavy (non-hydrogen) atoms. The van der Waals surface area contributed by atoms with Gasteiger partial charge in [0.25, 0.3) is 0 Å². The number of pyridine rings is 1. The fourth-order valence-corrected chi connectivity index (χ4v) is 2.52. The highest BCUT2D eigenvalue weighted by molar-refractivity contribution is 5.77. The van der Waals surface area contributed by atoms with Crippen LogP contribution in [-0.4, -0.2) is 17.7 Å². The number of methoxy groups -OCH3 is 1. The van der Waals surface area contributed by atoms with Gasteiger partial charge in [0.1, 0.15) is 7.05 Å². The van der Waals surface area contributed by atoms with Crippen molar-refractivity contribution in [2.45, 2.75) is 0 Å². The van der Waals surface area contributed by atoms with E-state index in [4.69, 9.17) is 4.74 Å². The first-order chi connectivity index (χ1) is 10.7. The van der Waals surface area contributed by atoms with Crippen molar-refractivity contribution >= 4 is 23.1 Å². The Kier molecular flexibility index (Phi) is 7.18. The maximum Gasteiger partial charge on any atom is 0.212 e. The summed E-state index contributed by atoms with van der Waals surface area (Å²) < 4.78 is 7.20. The molecule has 0 radical (unpaired) electrons. The zero-order chi connectivity index (χ0) is 15.5. The van der Waals surface area contributed by atoms with E-state index in [0.717, 1.165) is 11.3 Å². The molecule has 2 aromatic carbocycles. The molecular weight excluding hydrogens is 417 g/mol. The van der Waals surface area contributed by atoms with Crippen LogP contribution in [0, 0.1) is 0 Å². The molecule has 5 heteroatoms. The van der Waals surface area contributed by atoms with Gasteiger partial charge in [-0.3, -0.25) is 0 Å². The number of aromatic nitrogens is 1. The molecule has 3 rings (SSSR count). The fraction of sp³-hybridized carbons (Fsp3) is 0.105. The molecular formula is C19H20INO3. The molecule has 0 aliphatic carbocycles. The number of rotatable bonds is 3. The number of ether oxygens (including phenoxy) is 1. The van der Waals surface area contributed by atoms with Crippen molar-refractivity contribution in [2.75, 3.05) is 7.11 Å². The van der Waals surface area contributed by atoms with Crippen LogP contribution in [0.1, 0.15) is 11.3 Å². The Labute approximate surface area is 158 Å². The van der Waals surface area contributed by atoms with Gasteiger partial charge in [-0.25, -0.2) is 0 Å². The monoisotopic (exact) mass is 437 g/mol. The highest BCUT2D eigenvalue weighted by Crippen LogP contribution is 2.26. The zero-order valence-corrected chi connectivity index (χ0v) is 15.7. The van der Waals surface area contributed by atoms with E-state index >= 15 is 0 Å². The van der Waals surface area contributed by atoms with Gasteiger partial charge in [-0.1, -0.05) is 18.2 Å². The lowest BCUT2D eigenvalue weighted by Crippen LogP contribution is -3.00. The lowest BCUT2D eigenvalue weighted by molar-refractivity contribution is -0.646. The van der Waals surface area contributed by atoms with E-state index in [1.54, 1.807) is 19.2 Å². The summed E-state index contributed by atoms with van der Waals surface area (Å²) in [5, 5.41) is 11.0. The maximum atomic E-state index is 9.82. The van der Waals surface area contributed by atoms with Gasteiger partial charge >= 0.3 is 0 Å². The number of para-hydroxylation sites is 1. The molecule has 0 fully saturated rings. The Bertz CT molecular complexity index is 862. The summed E-state index contributed by atoms with van der Waals surface area (Å²) in [5.41, 5.74) is 3.20. The van der Waals surface area contributed by atoms with Crippen molar-refractivity contribution in [3.8, 4) is 11.5 Å². The topological polar surface area (TPSA) is 64.8 Å². The predicted octanol–water partition coefficient (Wildman–Crippen LogP) is -0.272. The Morgan fingerprint density at radius 3 is 2.46 bits per heavy atom. The molecule has 0 unspecified atom stereocenters. The van der Waals surface area contributed by atoms with Gasteiger partial charge < -0.3 is 39.3 Å². The molecule has 0 saturated heterocycles. The predicted molar refractivity (Wildman–Crippen MR) is 92.3 cm³/mol. The van der Waals surface area contributed by atoms with E-state index in [9.17, 15) is 5.11 Å². The van der Waals surface area contributed by atoms with Crippen LogP contribution in [0.25, 0.3) is 23.1 Å². The summed E-state index contributed by atoms with van der Waals surface area (Å²) in [7, 11) is 3.59. The second kappa shape index (κ2) is 8.65. The molecule has 3 N–H and O–H groups in total. The Balaban J connectivity index is 0.00000144. The van der Waals surface area contributed by atoms with Crippen LogP contribution in [0.4, 0.5) is 0 Å². The van der Waals surface area contributed by atoms with Crippen LogP contribution in [-0.2, 0) is 7.05 Å². The van der Waals surface area contributed by atoms with E-state index < -0.39 is 0 Å². The number of benzene rings is 2. The van der Waals surface area contributed by atoms with Crippen LogP contribution in [0.5, 0.6) is 11.5 Å². The lowest BCUT2D eigenvalue weighted by atomic mass is 10.1. The number of aromatic hydroxyl groups is 1. The summed E-state index contributed by atoms with van der Waals surface area (Å²) in [6.45, 7) is 0. The van der Waals surface area contributed by atoms with Gasteiger partial charge in [-0.2, -0.15) is 4.57 Å². The van der Waals surface area contributed by atoms with Crippen LogP contribution in [0.3, 0.4) is 0 Å². The average Bonchev–Trinajstić information content (AvgIpc) is 2.55. The molecule has 1 heterocycles. The third-order valence-corrected chi connectivity index (χ3v) is 3.77. The van der Waals surface area contributed by atoms with E-state index in [2.05, 4.69) is 28.8 Å². The number of nitrogens with zero attached hydrogens (tertiary/aromatic N) is 1. The molecule has 4 nitrogen and oxygen atoms in total. The standard InChI is InChI=1S/C19H17NO2.HI.H2O/c1-20-16(11-9-15-5-3-4-6-17(15)20)10-7-14-8-12-19(22-2)18(21)13-14;;/h3-13H,1-2H3;1H;1H2/b10-7+;;. The van der Waals surface area contributed by atoms with Gasteiger partial charge in [-0.15, -0.1) is 0 Å². The minimum Gasteiger partial charge on any atom is -1.00 e. The first kappa shape index (κ1) is 19.9. The highest BCUT2D eigenvalue weighted by atomic mass is 127. The second-order valence-electron chi connectivity index (χ2n) is 5.14. The largest absolute Gasteiger partial charge is 1.00 e. The zero-order valence-electron chi connectivity index (χ0n) is 13.5. The van der Waals surface area contributed by atoms with Gasteiger partial charge in [-0.05, 0) is 35.9 Å². The average molecular weight is 437 g/mol. The Hall–Kier alpha value is -2.12. The molecule has 126 valence electrons. The van der Waals surface area contributed by atoms with Crippen molar-refractivity contribution < 1.29 is 43.9 Å². The first-order valence-electron chi connectivity index (χ1n) is 7.12. The van der Waals surface area contributed by atoms with Gasteiger partial charge in [0, 0.05) is 23.6 Å². The van der Waals surface area contributed by atoms with E-state index in [1.165, 1.54) is 10.9 Å². The summed E-state index contributed by atoms with van der Waals surface area (Å²) in [6.07, 6.45) is 4.01. The van der Waals surface area contributed by atoms with Crippen LogP contribution >= 0.6 is 0 Å². The number of hydrogen-bond acceptors (Lipinski definition) is 2. The first-order valence-corrected chi connectivity index (χ1v) is 7.12. The highest BCUT2D eigenvalue weighted by Gasteiger charge is 2.08. The quantitative estimate of drug-likeness (QED) is 0.453. The molecule has 0 amide bonds. The second-order valence-corrected chi connectivity index (χ2v) is 5.14. The summed E-state index contributed by atoms with van der Waals surface area (Å²) in [5.74, 6) is 0.626. The van der Waals surface area contributed by atoms with Gasteiger partial charge in [0.2, 0.25) is 11.2 Å². The van der Waals surface area contributed by atoms with Crippen LogP contribution in [0.2, 0.25) is 0 Å². The fourth-order valence-electron chi connectivity index (χ4n) is 2.52. The molecule has 0 aliphatic heterocycles. The van der Waals surface area contributed by atoms with Crippen molar-refractivity contribution in [3.05, 3.63) is 65.9 Å². The molecule has 0 bridgehead atoms. The number of aryl methyl sites for hydroxylation is 1. The summed E-state index contributed by atoms with van der Waals surface area (Å²) in [4.78, 5) is 0. The third-order valence-electron chi connectivity index (χ3n) is 3.77. The molecule has 0 aliphatic rings. The van der Waals surface area contributed by atoms with E-state index in [-0.39, 0.29) is 35.2 Å². The molecule has 0 spiro atoms.